The highest BCUT2D eigenvalue weighted by Gasteiger charge is 2.33. The number of aromatic nitrogens is 2. The summed E-state index contributed by atoms with van der Waals surface area (Å²) in [7, 11) is 0. The fourth-order valence-corrected chi connectivity index (χ4v) is 2.42. The molecule has 0 aromatic carbocycles. The molecule has 0 fully saturated rings. The van der Waals surface area contributed by atoms with E-state index in [-0.39, 0.29) is 17.6 Å². The third-order valence-corrected chi connectivity index (χ3v) is 3.32. The molecule has 5 nitrogen and oxygen atoms in total. The van der Waals surface area contributed by atoms with E-state index in [1.165, 1.54) is 0 Å². The molecule has 19 heavy (non-hydrogen) atoms. The van der Waals surface area contributed by atoms with Crippen molar-refractivity contribution in [2.24, 2.45) is 11.3 Å². The maximum Gasteiger partial charge on any atom is 0.110 e. The van der Waals surface area contributed by atoms with Crippen LogP contribution in [0.25, 0.3) is 0 Å². The van der Waals surface area contributed by atoms with Crippen LogP contribution in [0.3, 0.4) is 0 Å². The smallest absolute Gasteiger partial charge is 0.110 e. The Morgan fingerprint density at radius 1 is 1.42 bits per heavy atom. The predicted octanol–water partition coefficient (Wildman–Crippen LogP) is 1.73. The molecule has 0 bridgehead atoms. The quantitative estimate of drug-likeness (QED) is 0.584. The highest BCUT2D eigenvalue weighted by atomic mass is 16.5. The number of imidazole rings is 1. The first-order valence-corrected chi connectivity index (χ1v) is 7.01. The Hall–Kier alpha value is -0.910. The van der Waals surface area contributed by atoms with Crippen LogP contribution in [0.4, 0.5) is 0 Å². The lowest BCUT2D eigenvalue weighted by molar-refractivity contribution is -0.0361. The summed E-state index contributed by atoms with van der Waals surface area (Å²) < 4.78 is 8.04. The maximum absolute atomic E-state index is 5.90. The molecule has 5 heteroatoms. The molecule has 0 spiro atoms. The first-order valence-electron chi connectivity index (χ1n) is 7.01. The van der Waals surface area contributed by atoms with Crippen molar-refractivity contribution < 1.29 is 4.74 Å². The van der Waals surface area contributed by atoms with Crippen LogP contribution in [0.5, 0.6) is 0 Å². The largest absolute Gasteiger partial charge is 0.376 e. The van der Waals surface area contributed by atoms with Crippen LogP contribution in [0.2, 0.25) is 0 Å². The van der Waals surface area contributed by atoms with E-state index in [9.17, 15) is 0 Å². The summed E-state index contributed by atoms with van der Waals surface area (Å²) >= 11 is 0. The maximum atomic E-state index is 5.90. The first-order chi connectivity index (χ1) is 8.93. The van der Waals surface area contributed by atoms with Gasteiger partial charge in [0.25, 0.3) is 0 Å². The van der Waals surface area contributed by atoms with Crippen molar-refractivity contribution in [3.05, 3.63) is 18.2 Å². The van der Waals surface area contributed by atoms with Crippen molar-refractivity contribution in [3.8, 4) is 0 Å². The molecule has 0 radical (unpaired) electrons. The van der Waals surface area contributed by atoms with Crippen LogP contribution in [0, 0.1) is 5.41 Å². The van der Waals surface area contributed by atoms with E-state index < -0.39 is 0 Å². The minimum absolute atomic E-state index is 0.0245. The van der Waals surface area contributed by atoms with E-state index in [1.54, 1.807) is 0 Å². The summed E-state index contributed by atoms with van der Waals surface area (Å²) in [6.07, 6.45) is 4.64. The number of hydrogen-bond acceptors (Lipinski definition) is 4. The summed E-state index contributed by atoms with van der Waals surface area (Å²) in [5.74, 6) is 6.78. The minimum Gasteiger partial charge on any atom is -0.376 e. The van der Waals surface area contributed by atoms with E-state index in [4.69, 9.17) is 10.6 Å². The normalized spacial score (nSPS) is 15.5. The monoisotopic (exact) mass is 268 g/mol. The number of nitrogens with one attached hydrogen (secondary N) is 1. The van der Waals surface area contributed by atoms with Crippen LogP contribution < -0.4 is 11.3 Å². The summed E-state index contributed by atoms with van der Waals surface area (Å²) in [6, 6.07) is 0.0487. The molecular formula is C14H28N4O. The van der Waals surface area contributed by atoms with E-state index in [2.05, 4.69) is 42.7 Å². The van der Waals surface area contributed by atoms with Crippen LogP contribution >= 0.6 is 0 Å². The molecule has 2 atom stereocenters. The number of ether oxygens (including phenoxy) is 1. The molecule has 0 aliphatic carbocycles. The highest BCUT2D eigenvalue weighted by Crippen LogP contribution is 2.26. The van der Waals surface area contributed by atoms with E-state index in [0.717, 1.165) is 18.8 Å². The summed E-state index contributed by atoms with van der Waals surface area (Å²) in [5.41, 5.74) is 2.93. The summed E-state index contributed by atoms with van der Waals surface area (Å²) in [4.78, 5) is 4.41. The lowest BCUT2D eigenvalue weighted by Gasteiger charge is -2.36. The van der Waals surface area contributed by atoms with Gasteiger partial charge in [0.05, 0.1) is 12.1 Å². The third-order valence-electron chi connectivity index (χ3n) is 3.32. The fourth-order valence-electron chi connectivity index (χ4n) is 2.42. The van der Waals surface area contributed by atoms with E-state index >= 15 is 0 Å². The standard InChI is InChI=1S/C14H28N4O/c1-6-18-9-8-16-12(18)10-11(17-15)13(19-7-2)14(3,4)5/h8-9,11,13,17H,6-7,10,15H2,1-5H3. The van der Waals surface area contributed by atoms with Gasteiger partial charge >= 0.3 is 0 Å². The van der Waals surface area contributed by atoms with Gasteiger partial charge in [-0.3, -0.25) is 11.3 Å². The molecule has 0 amide bonds. The van der Waals surface area contributed by atoms with Crippen molar-refractivity contribution in [2.45, 2.75) is 59.7 Å². The molecule has 1 aromatic heterocycles. The summed E-state index contributed by atoms with van der Waals surface area (Å²) in [6.45, 7) is 12.2. The lowest BCUT2D eigenvalue weighted by atomic mass is 9.83. The first kappa shape index (κ1) is 16.1. The number of hydrogen-bond donors (Lipinski definition) is 2. The molecule has 0 saturated heterocycles. The van der Waals surface area contributed by atoms with Crippen LogP contribution in [0.15, 0.2) is 12.4 Å². The fraction of sp³-hybridized carbons (Fsp3) is 0.786. The van der Waals surface area contributed by atoms with Gasteiger partial charge in [0.1, 0.15) is 5.82 Å². The van der Waals surface area contributed by atoms with E-state index in [1.807, 2.05) is 19.3 Å². The van der Waals surface area contributed by atoms with Gasteiger partial charge in [0.15, 0.2) is 0 Å². The highest BCUT2D eigenvalue weighted by molar-refractivity contribution is 4.99. The Labute approximate surface area is 116 Å². The molecule has 0 saturated carbocycles. The lowest BCUT2D eigenvalue weighted by Crippen LogP contribution is -2.52. The molecular weight excluding hydrogens is 240 g/mol. The second kappa shape index (κ2) is 7.03. The molecule has 1 aromatic rings. The van der Waals surface area contributed by atoms with Gasteiger partial charge in [-0.25, -0.2) is 4.98 Å². The molecule has 1 rings (SSSR count). The molecule has 1 heterocycles. The third kappa shape index (κ3) is 4.30. The average Bonchev–Trinajstić information content (AvgIpc) is 2.79. The van der Waals surface area contributed by atoms with Crippen LogP contribution in [0.1, 0.15) is 40.4 Å². The topological polar surface area (TPSA) is 65.1 Å². The molecule has 110 valence electrons. The van der Waals surface area contributed by atoms with Crippen molar-refractivity contribution in [3.63, 3.8) is 0 Å². The van der Waals surface area contributed by atoms with Gasteiger partial charge in [0.2, 0.25) is 0 Å². The zero-order valence-corrected chi connectivity index (χ0v) is 12.8. The van der Waals surface area contributed by atoms with Crippen molar-refractivity contribution in [1.29, 1.82) is 0 Å². The van der Waals surface area contributed by atoms with Crippen molar-refractivity contribution >= 4 is 0 Å². The van der Waals surface area contributed by atoms with E-state index in [0.29, 0.717) is 6.61 Å². The molecule has 0 aliphatic heterocycles. The van der Waals surface area contributed by atoms with Gasteiger partial charge in [0, 0.05) is 32.0 Å². The molecule has 0 aliphatic rings. The van der Waals surface area contributed by atoms with Gasteiger partial charge in [-0.15, -0.1) is 0 Å². The zero-order valence-electron chi connectivity index (χ0n) is 12.8. The van der Waals surface area contributed by atoms with Gasteiger partial charge in [-0.1, -0.05) is 20.8 Å². The van der Waals surface area contributed by atoms with Crippen molar-refractivity contribution in [1.82, 2.24) is 15.0 Å². The number of rotatable bonds is 7. The second-order valence-corrected chi connectivity index (χ2v) is 5.85. The molecule has 3 N–H and O–H groups in total. The van der Waals surface area contributed by atoms with Gasteiger partial charge in [-0.2, -0.15) is 0 Å². The summed E-state index contributed by atoms with van der Waals surface area (Å²) in [5, 5.41) is 0. The Bertz CT molecular complexity index is 370. The van der Waals surface area contributed by atoms with Crippen LogP contribution in [-0.2, 0) is 17.7 Å². The average molecular weight is 268 g/mol. The number of nitrogens with two attached hydrogens (primary N) is 1. The van der Waals surface area contributed by atoms with Crippen LogP contribution in [-0.4, -0.2) is 28.3 Å². The predicted molar refractivity (Wildman–Crippen MR) is 77.6 cm³/mol. The number of aryl methyl sites for hydroxylation is 1. The SMILES string of the molecule is CCOC(C(Cc1nccn1CC)NN)C(C)(C)C. The zero-order chi connectivity index (χ0) is 14.5. The Morgan fingerprint density at radius 2 is 2.11 bits per heavy atom. The minimum atomic E-state index is 0.0245. The number of nitrogens with zero attached hydrogens (tertiary/aromatic N) is 2. The Kier molecular flexibility index (Phi) is 5.97. The van der Waals surface area contributed by atoms with Crippen molar-refractivity contribution in [2.75, 3.05) is 6.61 Å². The second-order valence-electron chi connectivity index (χ2n) is 5.85. The van der Waals surface area contributed by atoms with Gasteiger partial charge in [-0.05, 0) is 19.3 Å². The Balaban J connectivity index is 2.86. The number of hydrazine groups is 1. The van der Waals surface area contributed by atoms with Gasteiger partial charge < -0.3 is 9.30 Å². The molecule has 2 unspecified atom stereocenters. The Morgan fingerprint density at radius 3 is 2.58 bits per heavy atom.